The highest BCUT2D eigenvalue weighted by molar-refractivity contribution is 5.03. The van der Waals surface area contributed by atoms with Crippen molar-refractivity contribution in [2.45, 2.75) is 77.8 Å². The number of rotatable bonds is 6. The molecule has 1 saturated heterocycles. The van der Waals surface area contributed by atoms with Crippen LogP contribution in [0.15, 0.2) is 0 Å². The van der Waals surface area contributed by atoms with Crippen molar-refractivity contribution in [2.75, 3.05) is 32.8 Å². The molecule has 2 fully saturated rings. The molecular formula is C18H36N2O. The Balaban J connectivity index is 1.90. The van der Waals surface area contributed by atoms with E-state index in [1.807, 2.05) is 0 Å². The molecule has 1 atom stereocenters. The van der Waals surface area contributed by atoms with Crippen LogP contribution in [0, 0.1) is 5.41 Å². The van der Waals surface area contributed by atoms with E-state index in [0.29, 0.717) is 17.0 Å². The molecule has 1 aliphatic heterocycles. The summed E-state index contributed by atoms with van der Waals surface area (Å²) >= 11 is 0. The lowest BCUT2D eigenvalue weighted by atomic mass is 9.81. The summed E-state index contributed by atoms with van der Waals surface area (Å²) in [6.07, 6.45) is 7.95. The lowest BCUT2D eigenvalue weighted by Crippen LogP contribution is -2.66. The molecule has 1 spiro atoms. The second-order valence-electron chi connectivity index (χ2n) is 8.14. The third-order valence-electron chi connectivity index (χ3n) is 5.48. The van der Waals surface area contributed by atoms with Crippen molar-refractivity contribution in [1.29, 1.82) is 0 Å². The Kier molecular flexibility index (Phi) is 6.10. The minimum Gasteiger partial charge on any atom is -0.380 e. The van der Waals surface area contributed by atoms with Crippen LogP contribution in [0.3, 0.4) is 0 Å². The van der Waals surface area contributed by atoms with Gasteiger partial charge in [-0.25, -0.2) is 0 Å². The Hall–Kier alpha value is -0.120. The highest BCUT2D eigenvalue weighted by atomic mass is 16.5. The quantitative estimate of drug-likeness (QED) is 0.760. The molecule has 21 heavy (non-hydrogen) atoms. The first-order chi connectivity index (χ1) is 9.98. The molecule has 1 saturated carbocycles. The average molecular weight is 296 g/mol. The third-order valence-corrected chi connectivity index (χ3v) is 5.48. The SMILES string of the molecule is CCCCOCCN1CC(C(C)(C)C)NCC12CCCC2. The van der Waals surface area contributed by atoms with Gasteiger partial charge in [-0.05, 0) is 24.7 Å². The number of piperazine rings is 1. The van der Waals surface area contributed by atoms with Gasteiger partial charge in [0.15, 0.2) is 0 Å². The molecule has 1 unspecified atom stereocenters. The lowest BCUT2D eigenvalue weighted by molar-refractivity contribution is -0.00536. The number of ether oxygens (including phenoxy) is 1. The van der Waals surface area contributed by atoms with Gasteiger partial charge in [0.2, 0.25) is 0 Å². The van der Waals surface area contributed by atoms with Gasteiger partial charge in [0.1, 0.15) is 0 Å². The van der Waals surface area contributed by atoms with Crippen molar-refractivity contribution < 1.29 is 4.74 Å². The van der Waals surface area contributed by atoms with Gasteiger partial charge in [0, 0.05) is 37.8 Å². The van der Waals surface area contributed by atoms with Gasteiger partial charge in [0.05, 0.1) is 6.61 Å². The maximum atomic E-state index is 5.84. The van der Waals surface area contributed by atoms with E-state index >= 15 is 0 Å². The molecule has 1 heterocycles. The van der Waals surface area contributed by atoms with Gasteiger partial charge < -0.3 is 10.1 Å². The fourth-order valence-electron chi connectivity index (χ4n) is 3.86. The van der Waals surface area contributed by atoms with E-state index in [2.05, 4.69) is 37.9 Å². The highest BCUT2D eigenvalue weighted by Crippen LogP contribution is 2.38. The van der Waals surface area contributed by atoms with Crippen LogP contribution in [0.2, 0.25) is 0 Å². The average Bonchev–Trinajstić information content (AvgIpc) is 2.88. The summed E-state index contributed by atoms with van der Waals surface area (Å²) in [6, 6.07) is 0.597. The first-order valence-corrected chi connectivity index (χ1v) is 9.04. The van der Waals surface area contributed by atoms with Crippen LogP contribution in [0.5, 0.6) is 0 Å². The van der Waals surface area contributed by atoms with Gasteiger partial charge in [-0.2, -0.15) is 0 Å². The molecule has 0 aromatic carbocycles. The van der Waals surface area contributed by atoms with E-state index in [1.165, 1.54) is 51.6 Å². The van der Waals surface area contributed by atoms with E-state index in [0.717, 1.165) is 19.8 Å². The minimum atomic E-state index is 0.335. The number of nitrogens with zero attached hydrogens (tertiary/aromatic N) is 1. The number of hydrogen-bond acceptors (Lipinski definition) is 3. The smallest absolute Gasteiger partial charge is 0.0593 e. The predicted molar refractivity (Wildman–Crippen MR) is 89.7 cm³/mol. The van der Waals surface area contributed by atoms with E-state index in [-0.39, 0.29) is 0 Å². The molecule has 0 aromatic rings. The lowest BCUT2D eigenvalue weighted by Gasteiger charge is -2.51. The van der Waals surface area contributed by atoms with Gasteiger partial charge in [-0.1, -0.05) is 47.0 Å². The Morgan fingerprint density at radius 2 is 1.90 bits per heavy atom. The van der Waals surface area contributed by atoms with Crippen molar-refractivity contribution >= 4 is 0 Å². The Labute approximate surface area is 131 Å². The Morgan fingerprint density at radius 3 is 2.52 bits per heavy atom. The zero-order valence-corrected chi connectivity index (χ0v) is 14.7. The summed E-state index contributed by atoms with van der Waals surface area (Å²) in [6.45, 7) is 14.6. The number of unbranched alkanes of at least 4 members (excludes halogenated alkanes) is 1. The van der Waals surface area contributed by atoms with Crippen molar-refractivity contribution in [3.05, 3.63) is 0 Å². The summed E-state index contributed by atoms with van der Waals surface area (Å²) in [5.41, 5.74) is 0.761. The molecule has 3 nitrogen and oxygen atoms in total. The fraction of sp³-hybridized carbons (Fsp3) is 1.00. The van der Waals surface area contributed by atoms with Crippen LogP contribution in [0.4, 0.5) is 0 Å². The van der Waals surface area contributed by atoms with E-state index in [4.69, 9.17) is 4.74 Å². The zero-order valence-electron chi connectivity index (χ0n) is 14.7. The fourth-order valence-corrected chi connectivity index (χ4v) is 3.86. The maximum Gasteiger partial charge on any atom is 0.0593 e. The van der Waals surface area contributed by atoms with Crippen LogP contribution in [0.25, 0.3) is 0 Å². The zero-order chi connectivity index (χ0) is 15.3. The minimum absolute atomic E-state index is 0.335. The van der Waals surface area contributed by atoms with Crippen molar-refractivity contribution in [1.82, 2.24) is 10.2 Å². The molecule has 1 aliphatic carbocycles. The molecule has 0 bridgehead atoms. The normalized spacial score (nSPS) is 26.6. The van der Waals surface area contributed by atoms with E-state index in [1.54, 1.807) is 0 Å². The van der Waals surface area contributed by atoms with Gasteiger partial charge in [-0.15, -0.1) is 0 Å². The molecule has 0 aromatic heterocycles. The summed E-state index contributed by atoms with van der Waals surface area (Å²) in [5.74, 6) is 0. The van der Waals surface area contributed by atoms with Crippen molar-refractivity contribution in [3.8, 4) is 0 Å². The molecule has 3 heteroatoms. The third kappa shape index (κ3) is 4.43. The molecule has 0 amide bonds. The number of hydrogen-bond donors (Lipinski definition) is 1. The van der Waals surface area contributed by atoms with Crippen molar-refractivity contribution in [2.24, 2.45) is 5.41 Å². The topological polar surface area (TPSA) is 24.5 Å². The second-order valence-corrected chi connectivity index (χ2v) is 8.14. The Bertz CT molecular complexity index is 305. The van der Waals surface area contributed by atoms with Crippen LogP contribution in [-0.4, -0.2) is 49.3 Å². The number of nitrogens with one attached hydrogen (secondary N) is 1. The molecule has 0 radical (unpaired) electrons. The van der Waals surface area contributed by atoms with Crippen LogP contribution in [0.1, 0.15) is 66.2 Å². The molecule has 1 N–H and O–H groups in total. The summed E-state index contributed by atoms with van der Waals surface area (Å²) in [7, 11) is 0. The first kappa shape index (κ1) is 17.2. The van der Waals surface area contributed by atoms with E-state index in [9.17, 15) is 0 Å². The predicted octanol–water partition coefficient (Wildman–Crippen LogP) is 3.44. The first-order valence-electron chi connectivity index (χ1n) is 9.04. The summed E-state index contributed by atoms with van der Waals surface area (Å²) in [5, 5.41) is 3.85. The summed E-state index contributed by atoms with van der Waals surface area (Å²) in [4.78, 5) is 2.76. The Morgan fingerprint density at radius 1 is 1.19 bits per heavy atom. The van der Waals surface area contributed by atoms with Crippen molar-refractivity contribution in [3.63, 3.8) is 0 Å². The molecule has 2 aliphatic rings. The summed E-state index contributed by atoms with van der Waals surface area (Å²) < 4.78 is 5.84. The van der Waals surface area contributed by atoms with E-state index < -0.39 is 0 Å². The largest absolute Gasteiger partial charge is 0.380 e. The molecular weight excluding hydrogens is 260 g/mol. The highest BCUT2D eigenvalue weighted by Gasteiger charge is 2.45. The van der Waals surface area contributed by atoms with Gasteiger partial charge in [-0.3, -0.25) is 4.90 Å². The second kappa shape index (κ2) is 7.43. The standard InChI is InChI=1S/C18H36N2O/c1-5-6-12-21-13-11-20-14-16(17(2,3)4)19-15-18(20)9-7-8-10-18/h16,19H,5-15H2,1-4H3. The monoisotopic (exact) mass is 296 g/mol. The van der Waals surface area contributed by atoms with Crippen LogP contribution < -0.4 is 5.32 Å². The maximum absolute atomic E-state index is 5.84. The van der Waals surface area contributed by atoms with Gasteiger partial charge >= 0.3 is 0 Å². The van der Waals surface area contributed by atoms with Crippen LogP contribution >= 0.6 is 0 Å². The van der Waals surface area contributed by atoms with Crippen LogP contribution in [-0.2, 0) is 4.74 Å². The van der Waals surface area contributed by atoms with Gasteiger partial charge in [0.25, 0.3) is 0 Å². The molecule has 2 rings (SSSR count). The molecule has 124 valence electrons.